The molecule has 0 atom stereocenters. The number of fused-ring (bicyclic) bond motifs is 1. The summed E-state index contributed by atoms with van der Waals surface area (Å²) in [6.07, 6.45) is 1.56. The molecular formula is C22H21N3O3. The first kappa shape index (κ1) is 17.9. The van der Waals surface area contributed by atoms with E-state index in [1.807, 2.05) is 50.2 Å². The molecular weight excluding hydrogens is 354 g/mol. The Morgan fingerprint density at radius 2 is 1.79 bits per heavy atom. The van der Waals surface area contributed by atoms with Gasteiger partial charge >= 0.3 is 0 Å². The summed E-state index contributed by atoms with van der Waals surface area (Å²) >= 11 is 0. The predicted octanol–water partition coefficient (Wildman–Crippen LogP) is 4.47. The molecule has 6 heteroatoms. The van der Waals surface area contributed by atoms with Gasteiger partial charge in [-0.1, -0.05) is 12.1 Å². The zero-order chi connectivity index (χ0) is 19.5. The number of hydrogen-bond acceptors (Lipinski definition) is 5. The third-order valence-electron chi connectivity index (χ3n) is 4.48. The van der Waals surface area contributed by atoms with Crippen molar-refractivity contribution in [2.24, 2.45) is 0 Å². The lowest BCUT2D eigenvalue weighted by Crippen LogP contribution is -2.15. The number of benzene rings is 2. The molecule has 6 nitrogen and oxygen atoms in total. The molecule has 3 aromatic rings. The molecule has 0 unspecified atom stereocenters. The number of pyridine rings is 1. The molecule has 1 amide bonds. The first-order valence-corrected chi connectivity index (χ1v) is 9.10. The number of amides is 1. The lowest BCUT2D eigenvalue weighted by atomic mass is 10.1. The van der Waals surface area contributed by atoms with Crippen molar-refractivity contribution in [1.29, 1.82) is 0 Å². The molecule has 0 aliphatic carbocycles. The number of carbonyl (C=O) groups excluding carboxylic acids is 1. The lowest BCUT2D eigenvalue weighted by Gasteiger charge is -2.19. The van der Waals surface area contributed by atoms with Crippen molar-refractivity contribution in [2.75, 3.05) is 23.8 Å². The maximum Gasteiger partial charge on any atom is 0.257 e. The highest BCUT2D eigenvalue weighted by molar-refractivity contribution is 6.04. The fourth-order valence-electron chi connectivity index (χ4n) is 2.94. The van der Waals surface area contributed by atoms with Crippen molar-refractivity contribution in [3.63, 3.8) is 0 Å². The highest BCUT2D eigenvalue weighted by Gasteiger charge is 2.12. The van der Waals surface area contributed by atoms with Gasteiger partial charge in [-0.2, -0.15) is 0 Å². The number of rotatable bonds is 4. The van der Waals surface area contributed by atoms with E-state index < -0.39 is 0 Å². The largest absolute Gasteiger partial charge is 0.486 e. The summed E-state index contributed by atoms with van der Waals surface area (Å²) < 4.78 is 11.1. The van der Waals surface area contributed by atoms with Gasteiger partial charge in [0.05, 0.1) is 5.56 Å². The molecule has 0 radical (unpaired) electrons. The number of nitrogens with zero attached hydrogens (tertiary/aromatic N) is 1. The molecule has 2 heterocycles. The number of ether oxygens (including phenoxy) is 2. The SMILES string of the molecule is Cc1ccc(C)c(NC(=O)c2ccc(Nc3ccc4c(c3)OCCO4)nc2)c1. The smallest absolute Gasteiger partial charge is 0.257 e. The van der Waals surface area contributed by atoms with Crippen LogP contribution in [0, 0.1) is 13.8 Å². The van der Waals surface area contributed by atoms with Crippen LogP contribution in [0.1, 0.15) is 21.5 Å². The van der Waals surface area contributed by atoms with Crippen LogP contribution in [0.5, 0.6) is 11.5 Å². The van der Waals surface area contributed by atoms with E-state index in [0.717, 1.165) is 28.3 Å². The van der Waals surface area contributed by atoms with Gasteiger partial charge in [-0.05, 0) is 55.3 Å². The molecule has 0 saturated carbocycles. The highest BCUT2D eigenvalue weighted by atomic mass is 16.6. The van der Waals surface area contributed by atoms with Crippen LogP contribution in [0.25, 0.3) is 0 Å². The number of aromatic nitrogens is 1. The summed E-state index contributed by atoms with van der Waals surface area (Å²) in [4.78, 5) is 16.9. The highest BCUT2D eigenvalue weighted by Crippen LogP contribution is 2.33. The van der Waals surface area contributed by atoms with E-state index in [1.165, 1.54) is 0 Å². The third-order valence-corrected chi connectivity index (χ3v) is 4.48. The number of hydrogen-bond donors (Lipinski definition) is 2. The second-order valence-electron chi connectivity index (χ2n) is 6.69. The predicted molar refractivity (Wildman–Crippen MR) is 109 cm³/mol. The Bertz CT molecular complexity index is 1020. The van der Waals surface area contributed by atoms with Crippen LogP contribution >= 0.6 is 0 Å². The Hall–Kier alpha value is -3.54. The number of aryl methyl sites for hydroxylation is 2. The molecule has 0 bridgehead atoms. The van der Waals surface area contributed by atoms with Gasteiger partial charge in [-0.25, -0.2) is 4.98 Å². The van der Waals surface area contributed by atoms with Crippen LogP contribution in [-0.4, -0.2) is 24.1 Å². The van der Waals surface area contributed by atoms with Gasteiger partial charge < -0.3 is 20.1 Å². The Kier molecular flexibility index (Phi) is 4.85. The number of anilines is 3. The molecule has 1 aromatic heterocycles. The van der Waals surface area contributed by atoms with E-state index in [-0.39, 0.29) is 5.91 Å². The van der Waals surface area contributed by atoms with Gasteiger partial charge in [0.15, 0.2) is 11.5 Å². The Morgan fingerprint density at radius 3 is 2.57 bits per heavy atom. The molecule has 142 valence electrons. The number of nitrogens with one attached hydrogen (secondary N) is 2. The van der Waals surface area contributed by atoms with Gasteiger partial charge in [0.1, 0.15) is 19.0 Å². The van der Waals surface area contributed by atoms with Crippen LogP contribution < -0.4 is 20.1 Å². The molecule has 4 rings (SSSR count). The first-order valence-electron chi connectivity index (χ1n) is 9.10. The van der Waals surface area contributed by atoms with Crippen molar-refractivity contribution in [1.82, 2.24) is 4.98 Å². The quantitative estimate of drug-likeness (QED) is 0.704. The monoisotopic (exact) mass is 375 g/mol. The maximum atomic E-state index is 12.5. The van der Waals surface area contributed by atoms with E-state index in [4.69, 9.17) is 9.47 Å². The van der Waals surface area contributed by atoms with E-state index in [1.54, 1.807) is 18.3 Å². The summed E-state index contributed by atoms with van der Waals surface area (Å²) in [6.45, 7) is 5.06. The summed E-state index contributed by atoms with van der Waals surface area (Å²) in [6, 6.07) is 15.1. The summed E-state index contributed by atoms with van der Waals surface area (Å²) in [7, 11) is 0. The average molecular weight is 375 g/mol. The van der Waals surface area contributed by atoms with Gasteiger partial charge in [0, 0.05) is 23.6 Å². The summed E-state index contributed by atoms with van der Waals surface area (Å²) in [5.41, 5.74) is 4.25. The van der Waals surface area contributed by atoms with Crippen LogP contribution in [0.2, 0.25) is 0 Å². The molecule has 1 aliphatic heterocycles. The second-order valence-corrected chi connectivity index (χ2v) is 6.69. The molecule has 28 heavy (non-hydrogen) atoms. The van der Waals surface area contributed by atoms with Crippen molar-refractivity contribution in [3.8, 4) is 11.5 Å². The van der Waals surface area contributed by atoms with E-state index in [0.29, 0.717) is 30.3 Å². The number of carbonyl (C=O) groups is 1. The van der Waals surface area contributed by atoms with Crippen molar-refractivity contribution in [2.45, 2.75) is 13.8 Å². The minimum Gasteiger partial charge on any atom is -0.486 e. The van der Waals surface area contributed by atoms with E-state index >= 15 is 0 Å². The van der Waals surface area contributed by atoms with Crippen molar-refractivity contribution < 1.29 is 14.3 Å². The molecule has 2 N–H and O–H groups in total. The maximum absolute atomic E-state index is 12.5. The zero-order valence-electron chi connectivity index (χ0n) is 15.8. The minimum absolute atomic E-state index is 0.188. The van der Waals surface area contributed by atoms with Crippen molar-refractivity contribution in [3.05, 3.63) is 71.4 Å². The van der Waals surface area contributed by atoms with Gasteiger partial charge in [-0.3, -0.25) is 4.79 Å². The van der Waals surface area contributed by atoms with Crippen molar-refractivity contribution >= 4 is 23.1 Å². The Labute approximate surface area is 163 Å². The standard InChI is InChI=1S/C22H21N3O3/c1-14-3-4-15(2)18(11-14)25-22(26)16-5-8-21(23-13-16)24-17-6-7-19-20(12-17)28-10-9-27-19/h3-8,11-13H,9-10H2,1-2H3,(H,23,24)(H,25,26). The molecule has 0 saturated heterocycles. The molecule has 1 aliphatic rings. The zero-order valence-corrected chi connectivity index (χ0v) is 15.8. The lowest BCUT2D eigenvalue weighted by molar-refractivity contribution is 0.102. The van der Waals surface area contributed by atoms with E-state index in [2.05, 4.69) is 15.6 Å². The average Bonchev–Trinajstić information content (AvgIpc) is 2.71. The first-order chi connectivity index (χ1) is 13.6. The minimum atomic E-state index is -0.188. The summed E-state index contributed by atoms with van der Waals surface area (Å²) in [5.74, 6) is 1.90. The molecule has 2 aromatic carbocycles. The van der Waals surface area contributed by atoms with Crippen LogP contribution in [-0.2, 0) is 0 Å². The summed E-state index contributed by atoms with van der Waals surface area (Å²) in [5, 5.41) is 6.15. The second kappa shape index (κ2) is 7.60. The topological polar surface area (TPSA) is 72.5 Å². The fraction of sp³-hybridized carbons (Fsp3) is 0.182. The van der Waals surface area contributed by atoms with Gasteiger partial charge in [-0.15, -0.1) is 0 Å². The third kappa shape index (κ3) is 3.91. The van der Waals surface area contributed by atoms with E-state index in [9.17, 15) is 4.79 Å². The van der Waals surface area contributed by atoms with Crippen LogP contribution in [0.3, 0.4) is 0 Å². The van der Waals surface area contributed by atoms with Crippen LogP contribution in [0.4, 0.5) is 17.2 Å². The Balaban J connectivity index is 1.45. The molecule has 0 spiro atoms. The van der Waals surface area contributed by atoms with Crippen LogP contribution in [0.15, 0.2) is 54.7 Å². The van der Waals surface area contributed by atoms with Gasteiger partial charge in [0.25, 0.3) is 5.91 Å². The fourth-order valence-corrected chi connectivity index (χ4v) is 2.94. The Morgan fingerprint density at radius 1 is 0.964 bits per heavy atom. The van der Waals surface area contributed by atoms with Gasteiger partial charge in [0.2, 0.25) is 0 Å². The normalized spacial score (nSPS) is 12.4. The molecule has 0 fully saturated rings.